The molecule has 0 saturated carbocycles. The summed E-state index contributed by atoms with van der Waals surface area (Å²) in [5.41, 5.74) is -2.65. The Hall–Kier alpha value is -0.901. The first kappa shape index (κ1) is 23.1. The van der Waals surface area contributed by atoms with Gasteiger partial charge in [0, 0.05) is 22.1 Å². The first-order valence-electron chi connectivity index (χ1n) is 5.70. The van der Waals surface area contributed by atoms with Gasteiger partial charge >= 0.3 is 75.5 Å². The molecule has 0 N–H and O–H groups in total. The maximum absolute atomic E-state index is 11.1. The molecule has 0 aromatic heterocycles. The summed E-state index contributed by atoms with van der Waals surface area (Å²) in [4.78, 5) is 44.2. The third-order valence-corrected chi connectivity index (χ3v) is 3.01. The molecule has 0 fully saturated rings. The summed E-state index contributed by atoms with van der Waals surface area (Å²) in [7, 11) is 0. The monoisotopic (exact) mass is 380 g/mol. The Kier molecular flexibility index (Phi) is 8.64. The SMILES string of the molecule is O=C([O-])c1cc(C(=O)[O-])c2c(C(=O)[O-])ccc(C(=O)[O-])c2c1.[Ca+2].[Ca+2]. The fraction of sp³-hybridized carbons (Fsp3) is 0. The van der Waals surface area contributed by atoms with Crippen molar-refractivity contribution in [2.75, 3.05) is 0 Å². The predicted molar refractivity (Wildman–Crippen MR) is 72.8 cm³/mol. The van der Waals surface area contributed by atoms with Crippen molar-refractivity contribution in [2.24, 2.45) is 0 Å². The summed E-state index contributed by atoms with van der Waals surface area (Å²) < 4.78 is 0. The molecule has 2 aromatic rings. The molecule has 112 valence electrons. The normalized spacial score (nSPS) is 9.50. The third kappa shape index (κ3) is 4.38. The molecule has 0 amide bonds. The molecule has 10 heteroatoms. The largest absolute Gasteiger partial charge is 2.00 e. The van der Waals surface area contributed by atoms with E-state index in [0.717, 1.165) is 18.2 Å². The molecular formula is C14H4Ca2O8. The molecule has 0 aliphatic rings. The molecule has 2 aromatic carbocycles. The molecule has 8 nitrogen and oxygen atoms in total. The van der Waals surface area contributed by atoms with Gasteiger partial charge in [0.05, 0.1) is 23.9 Å². The number of carboxylic acid groups (broad SMARTS) is 4. The Balaban J connectivity index is 0.00000264. The molecule has 0 aliphatic heterocycles. The first-order chi connectivity index (χ1) is 10.2. The van der Waals surface area contributed by atoms with E-state index in [2.05, 4.69) is 0 Å². The van der Waals surface area contributed by atoms with Gasteiger partial charge in [-0.15, -0.1) is 0 Å². The molecule has 0 unspecified atom stereocenters. The van der Waals surface area contributed by atoms with E-state index >= 15 is 0 Å². The van der Waals surface area contributed by atoms with Gasteiger partial charge < -0.3 is 39.6 Å². The second kappa shape index (κ2) is 8.98. The average Bonchev–Trinajstić information content (AvgIpc) is 2.43. The van der Waals surface area contributed by atoms with Crippen molar-refractivity contribution in [1.29, 1.82) is 0 Å². The Morgan fingerprint density at radius 3 is 1.50 bits per heavy atom. The fourth-order valence-electron chi connectivity index (χ4n) is 2.11. The van der Waals surface area contributed by atoms with Crippen molar-refractivity contribution in [3.05, 3.63) is 46.5 Å². The molecule has 0 atom stereocenters. The summed E-state index contributed by atoms with van der Waals surface area (Å²) in [5.74, 6) is -7.16. The standard InChI is InChI=1S/C14H8O8.2Ca/c15-11(16)5-3-8-6(12(17)18)1-2-7(13(19)20)10(8)9(4-5)14(21)22;;/h1-4H,(H,15,16)(H,17,18)(H,19,20)(H,21,22);;/q;2*+2/p-4. The summed E-state index contributed by atoms with van der Waals surface area (Å²) in [6.07, 6.45) is 0. The number of carbonyl (C=O) groups excluding carboxylic acids is 4. The number of carboxylic acids is 4. The van der Waals surface area contributed by atoms with Gasteiger partial charge in [0.25, 0.3) is 0 Å². The zero-order valence-corrected chi connectivity index (χ0v) is 16.4. The van der Waals surface area contributed by atoms with Gasteiger partial charge in [-0.25, -0.2) is 0 Å². The molecule has 2 rings (SSSR count). The maximum atomic E-state index is 11.1. The minimum atomic E-state index is -1.88. The van der Waals surface area contributed by atoms with Gasteiger partial charge in [-0.2, -0.15) is 0 Å². The molecule has 0 spiro atoms. The van der Waals surface area contributed by atoms with Crippen LogP contribution in [-0.4, -0.2) is 99.4 Å². The summed E-state index contributed by atoms with van der Waals surface area (Å²) >= 11 is 0. The average molecular weight is 380 g/mol. The number of carbonyl (C=O) groups is 4. The smallest absolute Gasteiger partial charge is 0.545 e. The predicted octanol–water partition coefficient (Wildman–Crippen LogP) is -4.47. The van der Waals surface area contributed by atoms with E-state index in [1.54, 1.807) is 0 Å². The summed E-state index contributed by atoms with van der Waals surface area (Å²) in [6.45, 7) is 0. The van der Waals surface area contributed by atoms with Crippen LogP contribution in [0, 0.1) is 0 Å². The number of hydrogen-bond donors (Lipinski definition) is 0. The van der Waals surface area contributed by atoms with Crippen LogP contribution in [-0.2, 0) is 0 Å². The summed E-state index contributed by atoms with van der Waals surface area (Å²) in [6, 6.07) is 3.09. The second-order valence-electron chi connectivity index (χ2n) is 4.26. The van der Waals surface area contributed by atoms with Crippen LogP contribution in [0.1, 0.15) is 41.4 Å². The number of aromatic carboxylic acids is 4. The van der Waals surface area contributed by atoms with Gasteiger partial charge in [0.15, 0.2) is 0 Å². The van der Waals surface area contributed by atoms with Crippen molar-refractivity contribution >= 4 is 110 Å². The minimum Gasteiger partial charge on any atom is -0.545 e. The van der Waals surface area contributed by atoms with Crippen molar-refractivity contribution in [3.8, 4) is 0 Å². The summed E-state index contributed by atoms with van der Waals surface area (Å²) in [5, 5.41) is 43.2. The van der Waals surface area contributed by atoms with Gasteiger partial charge in [-0.1, -0.05) is 12.1 Å². The van der Waals surface area contributed by atoms with Gasteiger partial charge in [0.1, 0.15) is 0 Å². The Labute approximate surface area is 194 Å². The van der Waals surface area contributed by atoms with Crippen LogP contribution in [0.2, 0.25) is 0 Å². The molecule has 0 radical (unpaired) electrons. The van der Waals surface area contributed by atoms with Crippen LogP contribution in [0.4, 0.5) is 0 Å². The Bertz CT molecular complexity index is 859. The van der Waals surface area contributed by atoms with Gasteiger partial charge in [0.2, 0.25) is 0 Å². The molecule has 24 heavy (non-hydrogen) atoms. The van der Waals surface area contributed by atoms with E-state index < -0.39 is 56.9 Å². The van der Waals surface area contributed by atoms with Crippen molar-refractivity contribution in [3.63, 3.8) is 0 Å². The van der Waals surface area contributed by atoms with E-state index in [1.807, 2.05) is 0 Å². The quantitative estimate of drug-likeness (QED) is 0.480. The zero-order chi connectivity index (χ0) is 16.6. The number of benzene rings is 2. The van der Waals surface area contributed by atoms with E-state index in [9.17, 15) is 39.6 Å². The van der Waals surface area contributed by atoms with E-state index in [0.29, 0.717) is 6.07 Å². The Morgan fingerprint density at radius 2 is 1.08 bits per heavy atom. The third-order valence-electron chi connectivity index (χ3n) is 3.01. The van der Waals surface area contributed by atoms with Crippen LogP contribution in [0.3, 0.4) is 0 Å². The van der Waals surface area contributed by atoms with E-state index in [4.69, 9.17) is 0 Å². The number of rotatable bonds is 4. The van der Waals surface area contributed by atoms with Crippen molar-refractivity contribution < 1.29 is 39.6 Å². The van der Waals surface area contributed by atoms with E-state index in [1.165, 1.54) is 0 Å². The molecular weight excluding hydrogens is 376 g/mol. The van der Waals surface area contributed by atoms with Crippen LogP contribution in [0.15, 0.2) is 24.3 Å². The fourth-order valence-corrected chi connectivity index (χ4v) is 2.11. The minimum absolute atomic E-state index is 0. The first-order valence-corrected chi connectivity index (χ1v) is 5.70. The van der Waals surface area contributed by atoms with Crippen LogP contribution in [0.5, 0.6) is 0 Å². The molecule has 0 saturated heterocycles. The van der Waals surface area contributed by atoms with Crippen molar-refractivity contribution in [1.82, 2.24) is 0 Å². The Morgan fingerprint density at radius 1 is 0.625 bits per heavy atom. The van der Waals surface area contributed by atoms with Gasteiger partial charge in [-0.3, -0.25) is 0 Å². The molecule has 0 heterocycles. The number of hydrogen-bond acceptors (Lipinski definition) is 8. The molecule has 0 bridgehead atoms. The van der Waals surface area contributed by atoms with E-state index in [-0.39, 0.29) is 75.5 Å². The molecule has 0 aliphatic carbocycles. The van der Waals surface area contributed by atoms with Crippen LogP contribution < -0.4 is 20.4 Å². The maximum Gasteiger partial charge on any atom is 2.00 e. The second-order valence-corrected chi connectivity index (χ2v) is 4.26. The van der Waals surface area contributed by atoms with Crippen LogP contribution in [0.25, 0.3) is 10.8 Å². The topological polar surface area (TPSA) is 161 Å². The van der Waals surface area contributed by atoms with Crippen LogP contribution >= 0.6 is 0 Å². The number of fused-ring (bicyclic) bond motifs is 1. The van der Waals surface area contributed by atoms with Crippen molar-refractivity contribution in [2.45, 2.75) is 0 Å². The zero-order valence-electron chi connectivity index (χ0n) is 12.0. The van der Waals surface area contributed by atoms with Gasteiger partial charge in [-0.05, 0) is 23.1 Å².